The number of carbonyl (C=O) groups excluding carboxylic acids is 1. The van der Waals surface area contributed by atoms with Crippen LogP contribution < -0.4 is 5.32 Å². The fourth-order valence-electron chi connectivity index (χ4n) is 1.89. The number of benzene rings is 1. The number of amides is 1. The number of aromatic nitrogens is 3. The van der Waals surface area contributed by atoms with Gasteiger partial charge in [0.2, 0.25) is 0 Å². The van der Waals surface area contributed by atoms with Gasteiger partial charge >= 0.3 is 5.97 Å². The van der Waals surface area contributed by atoms with Crippen LogP contribution in [0, 0.1) is 6.92 Å². The van der Waals surface area contributed by atoms with Crippen molar-refractivity contribution in [1.29, 1.82) is 0 Å². The first-order valence-electron chi connectivity index (χ1n) is 7.31. The predicted molar refractivity (Wildman–Crippen MR) is 95.6 cm³/mol. The Morgan fingerprint density at radius 3 is 2.62 bits per heavy atom. The summed E-state index contributed by atoms with van der Waals surface area (Å²) in [5, 5.41) is 19.3. The van der Waals surface area contributed by atoms with E-state index in [0.29, 0.717) is 29.4 Å². The van der Waals surface area contributed by atoms with Crippen molar-refractivity contribution in [1.82, 2.24) is 20.3 Å². The molecule has 0 spiro atoms. The minimum Gasteiger partial charge on any atom is -0.481 e. The molecule has 2 N–H and O–H groups in total. The lowest BCUT2D eigenvalue weighted by Crippen LogP contribution is -2.26. The third-order valence-electron chi connectivity index (χ3n) is 3.06. The highest BCUT2D eigenvalue weighted by atomic mass is 33.1. The lowest BCUT2D eigenvalue weighted by Gasteiger charge is -2.05. The van der Waals surface area contributed by atoms with E-state index < -0.39 is 5.97 Å². The average Bonchev–Trinajstić information content (AvgIpc) is 2.96. The van der Waals surface area contributed by atoms with Crippen LogP contribution in [0.3, 0.4) is 0 Å². The smallest absolute Gasteiger partial charge is 0.304 e. The van der Waals surface area contributed by atoms with Crippen molar-refractivity contribution in [3.63, 3.8) is 0 Å². The van der Waals surface area contributed by atoms with Crippen molar-refractivity contribution < 1.29 is 14.7 Å². The highest BCUT2D eigenvalue weighted by Gasteiger charge is 2.16. The lowest BCUT2D eigenvalue weighted by atomic mass is 10.3. The highest BCUT2D eigenvalue weighted by molar-refractivity contribution is 8.76. The molecular formula is C15H18N4O3S2. The van der Waals surface area contributed by atoms with Crippen LogP contribution in [0.25, 0.3) is 5.69 Å². The predicted octanol–water partition coefficient (Wildman–Crippen LogP) is 2.16. The largest absolute Gasteiger partial charge is 0.481 e. The summed E-state index contributed by atoms with van der Waals surface area (Å²) in [7, 11) is 3.02. The summed E-state index contributed by atoms with van der Waals surface area (Å²) in [5.74, 6) is 0.194. The summed E-state index contributed by atoms with van der Waals surface area (Å²) in [6.45, 7) is 2.29. The number of hydrogen-bond donors (Lipinski definition) is 2. The molecule has 9 heteroatoms. The zero-order chi connectivity index (χ0) is 17.4. The first kappa shape index (κ1) is 18.3. The molecular weight excluding hydrogens is 348 g/mol. The van der Waals surface area contributed by atoms with Gasteiger partial charge in [0, 0.05) is 18.1 Å². The van der Waals surface area contributed by atoms with E-state index in [0.717, 1.165) is 5.69 Å². The van der Waals surface area contributed by atoms with E-state index in [2.05, 4.69) is 15.6 Å². The van der Waals surface area contributed by atoms with Crippen molar-refractivity contribution >= 4 is 33.5 Å². The Labute approximate surface area is 147 Å². The number of aliphatic carboxylic acids is 1. The fraction of sp³-hybridized carbons (Fsp3) is 0.333. The minimum absolute atomic E-state index is 0.145. The average molecular weight is 366 g/mol. The molecule has 2 aromatic rings. The molecule has 1 aromatic carbocycles. The van der Waals surface area contributed by atoms with E-state index in [1.54, 1.807) is 11.6 Å². The van der Waals surface area contributed by atoms with E-state index in [1.807, 2.05) is 30.3 Å². The van der Waals surface area contributed by atoms with Crippen LogP contribution in [0.15, 0.2) is 30.3 Å². The van der Waals surface area contributed by atoms with Crippen molar-refractivity contribution in [2.45, 2.75) is 13.3 Å². The minimum atomic E-state index is -0.798. The van der Waals surface area contributed by atoms with Crippen molar-refractivity contribution in [2.24, 2.45) is 0 Å². The number of nitrogens with one attached hydrogen (secondary N) is 1. The van der Waals surface area contributed by atoms with Crippen LogP contribution in [-0.4, -0.2) is 50.0 Å². The number of carbonyl (C=O) groups is 2. The van der Waals surface area contributed by atoms with Crippen LogP contribution in [0.4, 0.5) is 0 Å². The second kappa shape index (κ2) is 9.33. The van der Waals surface area contributed by atoms with Gasteiger partial charge in [-0.1, -0.05) is 45.0 Å². The monoisotopic (exact) mass is 366 g/mol. The topological polar surface area (TPSA) is 97.1 Å². The van der Waals surface area contributed by atoms with Gasteiger partial charge < -0.3 is 10.4 Å². The Bertz CT molecular complexity index is 691. The number of rotatable bonds is 9. The van der Waals surface area contributed by atoms with Gasteiger partial charge in [-0.3, -0.25) is 9.59 Å². The molecule has 0 radical (unpaired) electrons. The number of hydrogen-bond acceptors (Lipinski definition) is 6. The normalized spacial score (nSPS) is 10.5. The number of para-hydroxylation sites is 1. The van der Waals surface area contributed by atoms with Crippen LogP contribution in [0.5, 0.6) is 0 Å². The highest BCUT2D eigenvalue weighted by Crippen LogP contribution is 2.21. The molecule has 0 fully saturated rings. The first-order valence-corrected chi connectivity index (χ1v) is 9.80. The van der Waals surface area contributed by atoms with Crippen molar-refractivity contribution in [3.8, 4) is 5.69 Å². The van der Waals surface area contributed by atoms with E-state index in [4.69, 9.17) is 5.11 Å². The third kappa shape index (κ3) is 5.27. The summed E-state index contributed by atoms with van der Waals surface area (Å²) in [6, 6.07) is 9.50. The number of nitrogens with zero attached hydrogens (tertiary/aromatic N) is 3. The fourth-order valence-corrected chi connectivity index (χ4v) is 3.78. The quantitative estimate of drug-likeness (QED) is 0.518. The maximum atomic E-state index is 12.2. The molecule has 0 saturated carbocycles. The van der Waals surface area contributed by atoms with Gasteiger partial charge in [-0.2, -0.15) is 0 Å². The third-order valence-corrected chi connectivity index (χ3v) is 5.47. The zero-order valence-electron chi connectivity index (χ0n) is 13.1. The van der Waals surface area contributed by atoms with Crippen LogP contribution in [0.2, 0.25) is 0 Å². The maximum absolute atomic E-state index is 12.2. The molecule has 1 amide bonds. The van der Waals surface area contributed by atoms with Crippen LogP contribution >= 0.6 is 21.6 Å². The molecule has 7 nitrogen and oxygen atoms in total. The molecule has 0 unspecified atom stereocenters. The Morgan fingerprint density at radius 2 is 1.92 bits per heavy atom. The summed E-state index contributed by atoms with van der Waals surface area (Å²) in [4.78, 5) is 22.5. The van der Waals surface area contributed by atoms with Crippen molar-refractivity contribution in [2.75, 3.05) is 18.1 Å². The van der Waals surface area contributed by atoms with E-state index in [-0.39, 0.29) is 12.3 Å². The zero-order valence-corrected chi connectivity index (χ0v) is 14.8. The molecule has 0 aliphatic heterocycles. The molecule has 0 saturated heterocycles. The van der Waals surface area contributed by atoms with Gasteiger partial charge in [0.25, 0.3) is 5.91 Å². The van der Waals surface area contributed by atoms with E-state index >= 15 is 0 Å². The van der Waals surface area contributed by atoms with E-state index in [1.165, 1.54) is 21.6 Å². The van der Waals surface area contributed by atoms with Gasteiger partial charge in [0.05, 0.1) is 17.8 Å². The maximum Gasteiger partial charge on any atom is 0.304 e. The summed E-state index contributed by atoms with van der Waals surface area (Å²) < 4.78 is 1.63. The van der Waals surface area contributed by atoms with Gasteiger partial charge in [0.1, 0.15) is 0 Å². The lowest BCUT2D eigenvalue weighted by molar-refractivity contribution is -0.136. The second-order valence-corrected chi connectivity index (χ2v) is 7.52. The molecule has 0 aliphatic rings. The number of carboxylic acid groups (broad SMARTS) is 1. The molecule has 1 aromatic heterocycles. The van der Waals surface area contributed by atoms with Crippen molar-refractivity contribution in [3.05, 3.63) is 41.7 Å². The molecule has 0 bridgehead atoms. The Hall–Kier alpha value is -2.00. The van der Waals surface area contributed by atoms with Crippen LogP contribution in [0.1, 0.15) is 22.6 Å². The summed E-state index contributed by atoms with van der Waals surface area (Å²) in [6.07, 6.45) is 0.145. The Morgan fingerprint density at radius 1 is 1.21 bits per heavy atom. The molecule has 128 valence electrons. The standard InChI is InChI=1S/C15H18N4O3S2/c1-11-14(17-18-19(11)12-5-3-2-4-6-12)15(22)16-8-10-24-23-9-7-13(20)21/h2-6H,7-10H2,1H3,(H,16,22)(H,20,21). The molecule has 2 rings (SSSR count). The summed E-state index contributed by atoms with van der Waals surface area (Å²) >= 11 is 0. The second-order valence-electron chi connectivity index (χ2n) is 4.81. The SMILES string of the molecule is Cc1c(C(=O)NCCSSCCC(=O)O)nnn1-c1ccccc1. The van der Waals surface area contributed by atoms with Gasteiger partial charge in [-0.05, 0) is 19.1 Å². The Balaban J connectivity index is 1.79. The van der Waals surface area contributed by atoms with Gasteiger partial charge in [0.15, 0.2) is 5.69 Å². The van der Waals surface area contributed by atoms with Gasteiger partial charge in [-0.15, -0.1) is 5.10 Å². The summed E-state index contributed by atoms with van der Waals surface area (Å²) in [5.41, 5.74) is 1.84. The number of carboxylic acids is 1. The van der Waals surface area contributed by atoms with Gasteiger partial charge in [-0.25, -0.2) is 4.68 Å². The Kier molecular flexibility index (Phi) is 7.13. The molecule has 0 aliphatic carbocycles. The molecule has 1 heterocycles. The molecule has 24 heavy (non-hydrogen) atoms. The molecule has 0 atom stereocenters. The van der Waals surface area contributed by atoms with Crippen LogP contribution in [-0.2, 0) is 4.79 Å². The van der Waals surface area contributed by atoms with E-state index in [9.17, 15) is 9.59 Å². The first-order chi connectivity index (χ1) is 11.6.